The van der Waals surface area contributed by atoms with Gasteiger partial charge in [0.15, 0.2) is 0 Å². The first-order valence-corrected chi connectivity index (χ1v) is 8.60. The van der Waals surface area contributed by atoms with Crippen LogP contribution in [0.15, 0.2) is 24.3 Å². The molecule has 1 saturated heterocycles. The van der Waals surface area contributed by atoms with E-state index >= 15 is 0 Å². The lowest BCUT2D eigenvalue weighted by Crippen LogP contribution is -2.59. The average Bonchev–Trinajstić information content (AvgIpc) is 2.46. The highest BCUT2D eigenvalue weighted by Crippen LogP contribution is 2.35. The number of hydrogen-bond acceptors (Lipinski definition) is 4. The highest BCUT2D eigenvalue weighted by atomic mass is 32.2. The van der Waals surface area contributed by atoms with E-state index in [1.807, 2.05) is 12.1 Å². The lowest BCUT2D eigenvalue weighted by Gasteiger charge is -2.47. The summed E-state index contributed by atoms with van der Waals surface area (Å²) >= 11 is 2.06. The highest BCUT2D eigenvalue weighted by molar-refractivity contribution is 8.00. The van der Waals surface area contributed by atoms with Gasteiger partial charge in [0.25, 0.3) is 0 Å². The monoisotopic (exact) mass is 308 g/mol. The van der Waals surface area contributed by atoms with Gasteiger partial charge < -0.3 is 10.5 Å². The Balaban J connectivity index is 2.20. The van der Waals surface area contributed by atoms with Crippen molar-refractivity contribution in [1.29, 1.82) is 0 Å². The number of nitrogens with zero attached hydrogens (tertiary/aromatic N) is 1. The molecule has 3 nitrogen and oxygen atoms in total. The summed E-state index contributed by atoms with van der Waals surface area (Å²) in [6.07, 6.45) is 0.925. The van der Waals surface area contributed by atoms with Crippen molar-refractivity contribution in [3.63, 3.8) is 0 Å². The van der Waals surface area contributed by atoms with Crippen molar-refractivity contribution in [2.45, 2.75) is 37.5 Å². The molecule has 1 fully saturated rings. The third-order valence-corrected chi connectivity index (χ3v) is 5.69. The Bertz CT molecular complexity index is 478. The molecule has 1 atom stereocenters. The van der Waals surface area contributed by atoms with Crippen LogP contribution in [0.25, 0.3) is 0 Å². The van der Waals surface area contributed by atoms with Gasteiger partial charge in [0.2, 0.25) is 0 Å². The SMILES string of the molecule is COc1ccccc1CC(C)(CN)N1CCSC(C)(C)C1. The van der Waals surface area contributed by atoms with Crippen molar-refractivity contribution in [2.24, 2.45) is 5.73 Å². The fourth-order valence-corrected chi connectivity index (χ4v) is 4.16. The number of thioether (sulfide) groups is 1. The molecule has 1 aromatic rings. The Morgan fingerprint density at radius 2 is 2.10 bits per heavy atom. The molecule has 4 heteroatoms. The van der Waals surface area contributed by atoms with Crippen molar-refractivity contribution in [1.82, 2.24) is 4.90 Å². The van der Waals surface area contributed by atoms with Gasteiger partial charge >= 0.3 is 0 Å². The molecule has 21 heavy (non-hydrogen) atoms. The molecule has 118 valence electrons. The van der Waals surface area contributed by atoms with Crippen LogP contribution in [-0.2, 0) is 6.42 Å². The predicted molar refractivity (Wildman–Crippen MR) is 92.3 cm³/mol. The normalized spacial score (nSPS) is 21.8. The highest BCUT2D eigenvalue weighted by Gasteiger charge is 2.37. The molecule has 0 radical (unpaired) electrons. The number of nitrogens with two attached hydrogens (primary N) is 1. The van der Waals surface area contributed by atoms with E-state index in [1.165, 1.54) is 11.3 Å². The Morgan fingerprint density at radius 3 is 2.71 bits per heavy atom. The van der Waals surface area contributed by atoms with Gasteiger partial charge in [-0.2, -0.15) is 11.8 Å². The molecule has 0 aliphatic carbocycles. The van der Waals surface area contributed by atoms with E-state index in [0.717, 1.165) is 25.3 Å². The maximum absolute atomic E-state index is 6.18. The minimum Gasteiger partial charge on any atom is -0.496 e. The molecule has 1 aromatic carbocycles. The number of rotatable bonds is 5. The molecule has 0 aromatic heterocycles. The third-order valence-electron chi connectivity index (χ3n) is 4.39. The quantitative estimate of drug-likeness (QED) is 0.908. The van der Waals surface area contributed by atoms with E-state index in [1.54, 1.807) is 7.11 Å². The first-order valence-electron chi connectivity index (χ1n) is 7.61. The van der Waals surface area contributed by atoms with Gasteiger partial charge in [-0.15, -0.1) is 0 Å². The Labute approximate surface area is 133 Å². The summed E-state index contributed by atoms with van der Waals surface area (Å²) in [7, 11) is 1.74. The average molecular weight is 308 g/mol. The van der Waals surface area contributed by atoms with Crippen LogP contribution in [-0.4, -0.2) is 47.7 Å². The van der Waals surface area contributed by atoms with E-state index in [-0.39, 0.29) is 5.54 Å². The van der Waals surface area contributed by atoms with Crippen molar-refractivity contribution in [3.05, 3.63) is 29.8 Å². The number of hydrogen-bond donors (Lipinski definition) is 1. The smallest absolute Gasteiger partial charge is 0.122 e. The van der Waals surface area contributed by atoms with Crippen LogP contribution in [0.5, 0.6) is 5.75 Å². The summed E-state index contributed by atoms with van der Waals surface area (Å²) in [5, 5.41) is 0. The van der Waals surface area contributed by atoms with Crippen molar-refractivity contribution < 1.29 is 4.74 Å². The Hall–Kier alpha value is -0.710. The zero-order valence-electron chi connectivity index (χ0n) is 13.7. The second-order valence-corrected chi connectivity index (χ2v) is 8.52. The molecule has 1 aliphatic rings. The number of ether oxygens (including phenoxy) is 1. The second kappa shape index (κ2) is 6.59. The zero-order chi connectivity index (χ0) is 15.5. The fraction of sp³-hybridized carbons (Fsp3) is 0.647. The van der Waals surface area contributed by atoms with Crippen LogP contribution >= 0.6 is 11.8 Å². The third kappa shape index (κ3) is 3.93. The molecular formula is C17H28N2OS. The lowest BCUT2D eigenvalue weighted by molar-refractivity contribution is 0.103. The van der Waals surface area contributed by atoms with Crippen molar-refractivity contribution in [2.75, 3.05) is 32.5 Å². The molecule has 0 spiro atoms. The van der Waals surface area contributed by atoms with Crippen molar-refractivity contribution >= 4 is 11.8 Å². The summed E-state index contributed by atoms with van der Waals surface area (Å²) in [6.45, 7) is 9.78. The lowest BCUT2D eigenvalue weighted by atomic mass is 9.89. The van der Waals surface area contributed by atoms with E-state index in [4.69, 9.17) is 10.5 Å². The fourth-order valence-electron chi connectivity index (χ4n) is 3.05. The molecule has 2 N–H and O–H groups in total. The Kier molecular flexibility index (Phi) is 5.23. The number of para-hydroxylation sites is 1. The van der Waals surface area contributed by atoms with Crippen LogP contribution < -0.4 is 10.5 Å². The molecule has 0 amide bonds. The minimum absolute atomic E-state index is 0.0209. The van der Waals surface area contributed by atoms with E-state index in [0.29, 0.717) is 11.3 Å². The van der Waals surface area contributed by atoms with E-state index in [9.17, 15) is 0 Å². The van der Waals surface area contributed by atoms with E-state index in [2.05, 4.69) is 49.6 Å². The van der Waals surface area contributed by atoms with Gasteiger partial charge in [-0.3, -0.25) is 4.90 Å². The van der Waals surface area contributed by atoms with Crippen LogP contribution in [0, 0.1) is 0 Å². The van der Waals surface area contributed by atoms with Gasteiger partial charge in [-0.25, -0.2) is 0 Å². The van der Waals surface area contributed by atoms with Gasteiger partial charge in [0.05, 0.1) is 7.11 Å². The van der Waals surface area contributed by atoms with Crippen LogP contribution in [0.1, 0.15) is 26.3 Å². The summed E-state index contributed by atoms with van der Waals surface area (Å²) in [5.74, 6) is 2.14. The minimum atomic E-state index is -0.0209. The van der Waals surface area contributed by atoms with Crippen molar-refractivity contribution in [3.8, 4) is 5.75 Å². The number of benzene rings is 1. The van der Waals surface area contributed by atoms with E-state index < -0.39 is 0 Å². The summed E-state index contributed by atoms with van der Waals surface area (Å²) in [5.41, 5.74) is 7.40. The van der Waals surface area contributed by atoms with Crippen LogP contribution in [0.4, 0.5) is 0 Å². The summed E-state index contributed by atoms with van der Waals surface area (Å²) in [4.78, 5) is 2.57. The first-order chi connectivity index (χ1) is 9.90. The number of methoxy groups -OCH3 is 1. The van der Waals surface area contributed by atoms with Gasteiger partial charge in [0, 0.05) is 35.7 Å². The maximum Gasteiger partial charge on any atom is 0.122 e. The molecule has 0 bridgehead atoms. The maximum atomic E-state index is 6.18. The molecular weight excluding hydrogens is 280 g/mol. The largest absolute Gasteiger partial charge is 0.496 e. The molecule has 1 unspecified atom stereocenters. The molecule has 1 aliphatic heterocycles. The van der Waals surface area contributed by atoms with Crippen LogP contribution in [0.3, 0.4) is 0 Å². The van der Waals surface area contributed by atoms with Crippen LogP contribution in [0.2, 0.25) is 0 Å². The zero-order valence-corrected chi connectivity index (χ0v) is 14.5. The standard InChI is InChI=1S/C17H28N2OS/c1-16(2)13-19(9-10-21-16)17(3,12-18)11-14-7-5-6-8-15(14)20-4/h5-8H,9-13,18H2,1-4H3. The molecule has 0 saturated carbocycles. The predicted octanol–water partition coefficient (Wildman–Crippen LogP) is 2.78. The first kappa shape index (κ1) is 16.7. The Morgan fingerprint density at radius 1 is 1.38 bits per heavy atom. The summed E-state index contributed by atoms with van der Waals surface area (Å²) in [6, 6.07) is 8.27. The molecule has 1 heterocycles. The summed E-state index contributed by atoms with van der Waals surface area (Å²) < 4.78 is 5.80. The molecule has 2 rings (SSSR count). The van der Waals surface area contributed by atoms with Gasteiger partial charge in [-0.1, -0.05) is 18.2 Å². The van der Waals surface area contributed by atoms with Gasteiger partial charge in [0.1, 0.15) is 5.75 Å². The second-order valence-electron chi connectivity index (χ2n) is 6.72. The van der Waals surface area contributed by atoms with Gasteiger partial charge in [-0.05, 0) is 38.8 Å². The topological polar surface area (TPSA) is 38.5 Å².